The number of aromatic nitrogens is 1. The molecule has 16 heavy (non-hydrogen) atoms. The van der Waals surface area contributed by atoms with Crippen LogP contribution < -0.4 is 10.5 Å². The number of pyridine rings is 1. The van der Waals surface area contributed by atoms with Gasteiger partial charge in [-0.25, -0.2) is 9.78 Å². The first-order chi connectivity index (χ1) is 7.70. The second-order valence-electron chi connectivity index (χ2n) is 3.36. The fraction of sp³-hybridized carbons (Fsp3) is 0.400. The van der Waals surface area contributed by atoms with Gasteiger partial charge < -0.3 is 19.9 Å². The van der Waals surface area contributed by atoms with Crippen molar-refractivity contribution in [1.82, 2.24) is 4.98 Å². The van der Waals surface area contributed by atoms with E-state index in [0.717, 1.165) is 0 Å². The van der Waals surface area contributed by atoms with Crippen molar-refractivity contribution in [1.29, 1.82) is 0 Å². The van der Waals surface area contributed by atoms with Gasteiger partial charge in [0, 0.05) is 0 Å². The number of carbonyl (C=O) groups excluding carboxylic acids is 1. The van der Waals surface area contributed by atoms with Crippen molar-refractivity contribution >= 4 is 11.7 Å². The Kier molecular flexibility index (Phi) is 2.91. The number of carbonyl (C=O) groups is 1. The van der Waals surface area contributed by atoms with Gasteiger partial charge in [0.05, 0.1) is 26.0 Å². The summed E-state index contributed by atoms with van der Waals surface area (Å²) in [5.74, 6) is -0.272. The van der Waals surface area contributed by atoms with Gasteiger partial charge in [-0.15, -0.1) is 0 Å². The lowest BCUT2D eigenvalue weighted by atomic mass is 10.3. The Balaban J connectivity index is 2.17. The Bertz CT molecular complexity index is 404. The first kappa shape index (κ1) is 10.7. The molecule has 1 aliphatic heterocycles. The van der Waals surface area contributed by atoms with E-state index in [1.165, 1.54) is 13.2 Å². The third-order valence-corrected chi connectivity index (χ3v) is 2.17. The molecule has 0 unspecified atom stereocenters. The zero-order chi connectivity index (χ0) is 11.5. The maximum absolute atomic E-state index is 11.2. The zero-order valence-corrected chi connectivity index (χ0v) is 8.80. The normalized spacial score (nSPS) is 15.3. The van der Waals surface area contributed by atoms with Crippen molar-refractivity contribution < 1.29 is 19.0 Å². The number of nitrogens with zero attached hydrogens (tertiary/aromatic N) is 1. The molecule has 6 nitrogen and oxygen atoms in total. The van der Waals surface area contributed by atoms with E-state index < -0.39 is 5.97 Å². The minimum absolute atomic E-state index is 0.0392. The van der Waals surface area contributed by atoms with Gasteiger partial charge in [0.25, 0.3) is 0 Å². The highest BCUT2D eigenvalue weighted by molar-refractivity contribution is 5.87. The van der Waals surface area contributed by atoms with Crippen molar-refractivity contribution in [2.75, 3.05) is 26.1 Å². The van der Waals surface area contributed by atoms with E-state index in [1.54, 1.807) is 6.07 Å². The van der Waals surface area contributed by atoms with Crippen molar-refractivity contribution in [2.24, 2.45) is 0 Å². The molecule has 0 spiro atoms. The van der Waals surface area contributed by atoms with E-state index in [0.29, 0.717) is 18.9 Å². The van der Waals surface area contributed by atoms with E-state index in [9.17, 15) is 4.79 Å². The van der Waals surface area contributed by atoms with Crippen LogP contribution in [0.3, 0.4) is 0 Å². The van der Waals surface area contributed by atoms with E-state index in [4.69, 9.17) is 15.2 Å². The van der Waals surface area contributed by atoms with E-state index >= 15 is 0 Å². The van der Waals surface area contributed by atoms with E-state index in [-0.39, 0.29) is 17.7 Å². The maximum Gasteiger partial charge on any atom is 0.356 e. The van der Waals surface area contributed by atoms with Gasteiger partial charge in [-0.3, -0.25) is 0 Å². The summed E-state index contributed by atoms with van der Waals surface area (Å²) in [6, 6.07) is 3.05. The third kappa shape index (κ3) is 2.06. The van der Waals surface area contributed by atoms with Crippen LogP contribution in [0.5, 0.6) is 5.88 Å². The molecule has 0 saturated carbocycles. The molecule has 1 aromatic rings. The molecule has 1 saturated heterocycles. The fourth-order valence-electron chi connectivity index (χ4n) is 1.20. The van der Waals surface area contributed by atoms with Crippen LogP contribution >= 0.6 is 0 Å². The second-order valence-corrected chi connectivity index (χ2v) is 3.36. The van der Waals surface area contributed by atoms with Crippen LogP contribution in [0.2, 0.25) is 0 Å². The van der Waals surface area contributed by atoms with Gasteiger partial charge in [-0.1, -0.05) is 0 Å². The molecule has 0 aromatic carbocycles. The first-order valence-corrected chi connectivity index (χ1v) is 4.80. The summed E-state index contributed by atoms with van der Waals surface area (Å²) in [4.78, 5) is 15.2. The summed E-state index contributed by atoms with van der Waals surface area (Å²) in [7, 11) is 1.29. The van der Waals surface area contributed by atoms with E-state index in [1.807, 2.05) is 0 Å². The lowest BCUT2D eigenvalue weighted by Gasteiger charge is -2.26. The largest absolute Gasteiger partial charge is 0.468 e. The molecular formula is C10H12N2O4. The zero-order valence-electron chi connectivity index (χ0n) is 8.80. The number of ether oxygens (including phenoxy) is 3. The summed E-state index contributed by atoms with van der Waals surface area (Å²) < 4.78 is 15.0. The quantitative estimate of drug-likeness (QED) is 0.740. The van der Waals surface area contributed by atoms with Crippen LogP contribution in [0, 0.1) is 0 Å². The lowest BCUT2D eigenvalue weighted by Crippen LogP contribution is -2.39. The molecule has 1 aliphatic rings. The summed E-state index contributed by atoms with van der Waals surface area (Å²) in [5.41, 5.74) is 6.24. The third-order valence-electron chi connectivity index (χ3n) is 2.17. The number of nitrogen functional groups attached to an aromatic ring is 1. The molecular weight excluding hydrogens is 212 g/mol. The average Bonchev–Trinajstić information content (AvgIpc) is 2.24. The van der Waals surface area contributed by atoms with Crippen LogP contribution in [-0.4, -0.2) is 37.4 Å². The van der Waals surface area contributed by atoms with Crippen LogP contribution in [0.15, 0.2) is 12.1 Å². The Morgan fingerprint density at radius 2 is 2.31 bits per heavy atom. The number of rotatable bonds is 3. The number of esters is 1. The molecule has 86 valence electrons. The van der Waals surface area contributed by atoms with Gasteiger partial charge in [0.15, 0.2) is 5.69 Å². The van der Waals surface area contributed by atoms with Crippen LogP contribution in [0.1, 0.15) is 10.5 Å². The summed E-state index contributed by atoms with van der Waals surface area (Å²) in [6.45, 7) is 1.03. The molecule has 0 amide bonds. The number of nitrogens with two attached hydrogens (primary N) is 1. The van der Waals surface area contributed by atoms with Gasteiger partial charge in [-0.2, -0.15) is 0 Å². The Labute approximate surface area is 92.3 Å². The molecule has 0 bridgehead atoms. The highest BCUT2D eigenvalue weighted by Gasteiger charge is 2.22. The molecule has 0 radical (unpaired) electrons. The monoisotopic (exact) mass is 224 g/mol. The standard InChI is InChI=1S/C10H12N2O4/c1-14-10(13)8-3-2-7(11)9(12-8)16-6-4-15-5-6/h2-3,6H,4-5,11H2,1H3. The van der Waals surface area contributed by atoms with Gasteiger partial charge in [-0.05, 0) is 12.1 Å². The van der Waals surface area contributed by atoms with Gasteiger partial charge in [0.2, 0.25) is 5.88 Å². The predicted molar refractivity (Wildman–Crippen MR) is 55.2 cm³/mol. The molecule has 0 aliphatic carbocycles. The Hall–Kier alpha value is -1.82. The highest BCUT2D eigenvalue weighted by atomic mass is 16.6. The second kappa shape index (κ2) is 4.36. The smallest absolute Gasteiger partial charge is 0.356 e. The van der Waals surface area contributed by atoms with Crippen molar-refractivity contribution in [3.8, 4) is 5.88 Å². The fourth-order valence-corrected chi connectivity index (χ4v) is 1.20. The Morgan fingerprint density at radius 1 is 1.56 bits per heavy atom. The summed E-state index contributed by atoms with van der Waals surface area (Å²) >= 11 is 0. The maximum atomic E-state index is 11.2. The summed E-state index contributed by atoms with van der Waals surface area (Å²) in [5, 5.41) is 0. The highest BCUT2D eigenvalue weighted by Crippen LogP contribution is 2.21. The number of hydrogen-bond acceptors (Lipinski definition) is 6. The van der Waals surface area contributed by atoms with Gasteiger partial charge in [0.1, 0.15) is 6.10 Å². The molecule has 1 aromatic heterocycles. The number of methoxy groups -OCH3 is 1. The van der Waals surface area contributed by atoms with E-state index in [2.05, 4.69) is 9.72 Å². The predicted octanol–water partition coefficient (Wildman–Crippen LogP) is 0.228. The van der Waals surface area contributed by atoms with Crippen LogP contribution in [-0.2, 0) is 9.47 Å². The van der Waals surface area contributed by atoms with Gasteiger partial charge >= 0.3 is 5.97 Å². The van der Waals surface area contributed by atoms with Crippen molar-refractivity contribution in [2.45, 2.75) is 6.10 Å². The molecule has 1 fully saturated rings. The summed E-state index contributed by atoms with van der Waals surface area (Å²) in [6.07, 6.45) is -0.0392. The topological polar surface area (TPSA) is 83.7 Å². The lowest BCUT2D eigenvalue weighted by molar-refractivity contribution is -0.0810. The SMILES string of the molecule is COC(=O)c1ccc(N)c(OC2COC2)n1. The molecule has 6 heteroatoms. The van der Waals surface area contributed by atoms with Crippen LogP contribution in [0.4, 0.5) is 5.69 Å². The van der Waals surface area contributed by atoms with Crippen LogP contribution in [0.25, 0.3) is 0 Å². The molecule has 2 rings (SSSR count). The van der Waals surface area contributed by atoms with Crippen molar-refractivity contribution in [3.05, 3.63) is 17.8 Å². The molecule has 2 heterocycles. The number of anilines is 1. The van der Waals surface area contributed by atoms with Crippen molar-refractivity contribution in [3.63, 3.8) is 0 Å². The minimum Gasteiger partial charge on any atom is -0.468 e. The minimum atomic E-state index is -0.519. The Morgan fingerprint density at radius 3 is 2.88 bits per heavy atom. The number of hydrogen-bond donors (Lipinski definition) is 1. The molecule has 0 atom stereocenters. The average molecular weight is 224 g/mol. The first-order valence-electron chi connectivity index (χ1n) is 4.80. The molecule has 2 N–H and O–H groups in total.